The van der Waals surface area contributed by atoms with E-state index >= 15 is 0 Å². The number of aliphatic hydroxyl groups excluding tert-OH is 1. The number of aliphatic hydroxyl groups is 1. The van der Waals surface area contributed by atoms with Crippen molar-refractivity contribution in [3.63, 3.8) is 0 Å². The van der Waals surface area contributed by atoms with Gasteiger partial charge >= 0.3 is 6.08 Å². The molecule has 0 saturated heterocycles. The van der Waals surface area contributed by atoms with E-state index in [0.29, 0.717) is 29.5 Å². The Morgan fingerprint density at radius 1 is 1.50 bits per heavy atom. The lowest BCUT2D eigenvalue weighted by Gasteiger charge is -2.36. The van der Waals surface area contributed by atoms with Gasteiger partial charge < -0.3 is 14.3 Å². The number of hydrogen-bond acceptors (Lipinski definition) is 4. The molecule has 0 spiro atoms. The third-order valence-corrected chi connectivity index (χ3v) is 3.91. The van der Waals surface area contributed by atoms with Crippen molar-refractivity contribution in [2.45, 2.75) is 52.7 Å². The summed E-state index contributed by atoms with van der Waals surface area (Å²) in [6, 6.07) is 0. The van der Waals surface area contributed by atoms with Crippen molar-refractivity contribution in [2.75, 3.05) is 0 Å². The second-order valence-corrected chi connectivity index (χ2v) is 5.75. The predicted molar refractivity (Wildman–Crippen MR) is 68.2 cm³/mol. The number of aromatic nitrogens is 1. The van der Waals surface area contributed by atoms with E-state index in [4.69, 9.17) is 14.3 Å². The van der Waals surface area contributed by atoms with Gasteiger partial charge in [0.25, 0.3) is 0 Å². The van der Waals surface area contributed by atoms with Gasteiger partial charge in [-0.25, -0.2) is 0 Å². The number of hydrogen-bond donors (Lipinski definition) is 1. The van der Waals surface area contributed by atoms with Crippen LogP contribution in [0.4, 0.5) is 0 Å². The van der Waals surface area contributed by atoms with Crippen molar-refractivity contribution in [1.29, 1.82) is 0 Å². The zero-order valence-electron chi connectivity index (χ0n) is 11.4. The van der Waals surface area contributed by atoms with Crippen LogP contribution in [0.2, 0.25) is 0 Å². The monoisotopic (exact) mass is 253 g/mol. The smallest absolute Gasteiger partial charge is 0.394 e. The average molecular weight is 253 g/mol. The van der Waals surface area contributed by atoms with Crippen LogP contribution in [-0.2, 0) is 6.61 Å². The highest BCUT2D eigenvalue weighted by Crippen LogP contribution is 2.35. The van der Waals surface area contributed by atoms with Crippen LogP contribution < -0.4 is 4.74 Å². The zero-order valence-corrected chi connectivity index (χ0v) is 11.4. The van der Waals surface area contributed by atoms with Gasteiger partial charge in [-0.3, -0.25) is 0 Å². The molecule has 4 heteroatoms. The van der Waals surface area contributed by atoms with Gasteiger partial charge in [0.1, 0.15) is 18.1 Å². The predicted octanol–water partition coefficient (Wildman–Crippen LogP) is 3.01. The average Bonchev–Trinajstić information content (AvgIpc) is 2.76. The SMILES string of the molecule is CC1CCC(C(C)C)C(Oc2nc(CO)co2)C1. The van der Waals surface area contributed by atoms with E-state index < -0.39 is 0 Å². The fourth-order valence-corrected chi connectivity index (χ4v) is 2.79. The van der Waals surface area contributed by atoms with Crippen LogP contribution in [0.25, 0.3) is 0 Å². The van der Waals surface area contributed by atoms with E-state index in [2.05, 4.69) is 25.8 Å². The maximum Gasteiger partial charge on any atom is 0.394 e. The van der Waals surface area contributed by atoms with Crippen LogP contribution in [0.15, 0.2) is 10.7 Å². The molecular formula is C14H23NO3. The van der Waals surface area contributed by atoms with Crippen LogP contribution in [-0.4, -0.2) is 16.2 Å². The second-order valence-electron chi connectivity index (χ2n) is 5.75. The van der Waals surface area contributed by atoms with E-state index in [1.807, 2.05) is 0 Å². The molecule has 0 bridgehead atoms. The van der Waals surface area contributed by atoms with Gasteiger partial charge in [-0.2, -0.15) is 4.98 Å². The Labute approximate surface area is 108 Å². The third kappa shape index (κ3) is 3.05. The van der Waals surface area contributed by atoms with Gasteiger partial charge in [-0.15, -0.1) is 0 Å². The van der Waals surface area contributed by atoms with Crippen molar-refractivity contribution in [2.24, 2.45) is 17.8 Å². The van der Waals surface area contributed by atoms with E-state index in [0.717, 1.165) is 6.42 Å². The highest BCUT2D eigenvalue weighted by Gasteiger charge is 2.33. The highest BCUT2D eigenvalue weighted by atomic mass is 16.6. The summed E-state index contributed by atoms with van der Waals surface area (Å²) in [6.45, 7) is 6.64. The van der Waals surface area contributed by atoms with E-state index in [9.17, 15) is 0 Å². The largest absolute Gasteiger partial charge is 0.447 e. The summed E-state index contributed by atoms with van der Waals surface area (Å²) < 4.78 is 11.1. The van der Waals surface area contributed by atoms with Gasteiger partial charge in [0.15, 0.2) is 0 Å². The quantitative estimate of drug-likeness (QED) is 0.896. The molecule has 0 radical (unpaired) electrons. The Morgan fingerprint density at radius 2 is 2.28 bits per heavy atom. The minimum atomic E-state index is -0.110. The Kier molecular flexibility index (Phi) is 4.27. The van der Waals surface area contributed by atoms with Gasteiger partial charge in [-0.05, 0) is 30.6 Å². The summed E-state index contributed by atoms with van der Waals surface area (Å²) in [5, 5.41) is 8.96. The molecule has 1 aliphatic rings. The zero-order chi connectivity index (χ0) is 13.1. The fraction of sp³-hybridized carbons (Fsp3) is 0.786. The molecule has 0 aromatic carbocycles. The Balaban J connectivity index is 2.03. The van der Waals surface area contributed by atoms with Crippen molar-refractivity contribution in [3.8, 4) is 6.08 Å². The standard InChI is InChI=1S/C14H23NO3/c1-9(2)12-5-4-10(3)6-13(12)18-14-15-11(7-16)8-17-14/h8-10,12-13,16H,4-7H2,1-3H3. The Morgan fingerprint density at radius 3 is 2.89 bits per heavy atom. The minimum absolute atomic E-state index is 0.110. The summed E-state index contributed by atoms with van der Waals surface area (Å²) in [5.41, 5.74) is 0.523. The van der Waals surface area contributed by atoms with Crippen molar-refractivity contribution < 1.29 is 14.3 Å². The molecule has 3 atom stereocenters. The topological polar surface area (TPSA) is 55.5 Å². The van der Waals surface area contributed by atoms with Crippen LogP contribution in [0.1, 0.15) is 45.7 Å². The van der Waals surface area contributed by atoms with E-state index in [-0.39, 0.29) is 12.7 Å². The molecule has 2 rings (SSSR count). The first-order valence-electron chi connectivity index (χ1n) is 6.82. The van der Waals surface area contributed by atoms with Crippen LogP contribution in [0, 0.1) is 17.8 Å². The Bertz CT molecular complexity index is 375. The molecular weight excluding hydrogens is 230 g/mol. The van der Waals surface area contributed by atoms with Crippen molar-refractivity contribution in [3.05, 3.63) is 12.0 Å². The lowest BCUT2D eigenvalue weighted by atomic mass is 9.75. The molecule has 3 unspecified atom stereocenters. The first kappa shape index (κ1) is 13.4. The van der Waals surface area contributed by atoms with Gasteiger partial charge in [0, 0.05) is 0 Å². The summed E-state index contributed by atoms with van der Waals surface area (Å²) in [4.78, 5) is 4.10. The summed E-state index contributed by atoms with van der Waals surface area (Å²) in [5.74, 6) is 1.86. The first-order valence-corrected chi connectivity index (χ1v) is 6.82. The number of ether oxygens (including phenoxy) is 1. The highest BCUT2D eigenvalue weighted by molar-refractivity contribution is 4.99. The van der Waals surface area contributed by atoms with Gasteiger partial charge in [0.2, 0.25) is 0 Å². The maximum absolute atomic E-state index is 8.96. The van der Waals surface area contributed by atoms with Crippen molar-refractivity contribution >= 4 is 0 Å². The first-order chi connectivity index (χ1) is 8.60. The van der Waals surface area contributed by atoms with Gasteiger partial charge in [0.05, 0.1) is 6.61 Å². The molecule has 1 fully saturated rings. The summed E-state index contributed by atoms with van der Waals surface area (Å²) in [7, 11) is 0. The van der Waals surface area contributed by atoms with Crippen LogP contribution in [0.3, 0.4) is 0 Å². The molecule has 1 aliphatic carbocycles. The second kappa shape index (κ2) is 5.74. The molecule has 1 aromatic rings. The molecule has 1 heterocycles. The molecule has 1 aromatic heterocycles. The Hall–Kier alpha value is -1.03. The summed E-state index contributed by atoms with van der Waals surface area (Å²) >= 11 is 0. The molecule has 0 amide bonds. The number of rotatable bonds is 4. The lowest BCUT2D eigenvalue weighted by molar-refractivity contribution is 0.0245. The normalized spacial score (nSPS) is 28.6. The van der Waals surface area contributed by atoms with E-state index in [1.54, 1.807) is 0 Å². The van der Waals surface area contributed by atoms with Crippen LogP contribution >= 0.6 is 0 Å². The van der Waals surface area contributed by atoms with Crippen molar-refractivity contribution in [1.82, 2.24) is 4.98 Å². The van der Waals surface area contributed by atoms with E-state index in [1.165, 1.54) is 19.1 Å². The number of oxazole rings is 1. The number of nitrogens with zero attached hydrogens (tertiary/aromatic N) is 1. The molecule has 1 N–H and O–H groups in total. The summed E-state index contributed by atoms with van der Waals surface area (Å²) in [6.07, 6.45) is 5.46. The molecule has 4 nitrogen and oxygen atoms in total. The minimum Gasteiger partial charge on any atom is -0.447 e. The van der Waals surface area contributed by atoms with Crippen LogP contribution in [0.5, 0.6) is 6.08 Å². The van der Waals surface area contributed by atoms with Gasteiger partial charge in [-0.1, -0.05) is 27.2 Å². The molecule has 0 aliphatic heterocycles. The molecule has 102 valence electrons. The maximum atomic E-state index is 8.96. The lowest BCUT2D eigenvalue weighted by Crippen LogP contribution is -2.36. The third-order valence-electron chi connectivity index (χ3n) is 3.91. The molecule has 1 saturated carbocycles. The molecule has 18 heavy (non-hydrogen) atoms. The fourth-order valence-electron chi connectivity index (χ4n) is 2.79.